The minimum atomic E-state index is -0.722. The number of methoxy groups -OCH3 is 1. The number of carbonyl (C=O) groups is 2. The van der Waals surface area contributed by atoms with Crippen molar-refractivity contribution >= 4 is 11.7 Å². The summed E-state index contributed by atoms with van der Waals surface area (Å²) in [6.07, 6.45) is 0.858. The lowest BCUT2D eigenvalue weighted by Gasteiger charge is -2.16. The second kappa shape index (κ2) is 7.33. The number of nitrogens with one attached hydrogen (secondary N) is 1. The first-order valence-corrected chi connectivity index (χ1v) is 6.23. The van der Waals surface area contributed by atoms with Gasteiger partial charge in [-0.3, -0.25) is 9.59 Å². The van der Waals surface area contributed by atoms with Crippen LogP contribution in [0.25, 0.3) is 0 Å². The van der Waals surface area contributed by atoms with Crippen LogP contribution in [0.2, 0.25) is 0 Å². The second-order valence-corrected chi connectivity index (χ2v) is 4.21. The van der Waals surface area contributed by atoms with Crippen molar-refractivity contribution in [3.05, 3.63) is 36.4 Å². The molecule has 1 aromatic rings. The van der Waals surface area contributed by atoms with Gasteiger partial charge in [-0.05, 0) is 26.0 Å². The fourth-order valence-corrected chi connectivity index (χ4v) is 1.58. The fourth-order valence-electron chi connectivity index (χ4n) is 1.58. The SMILES string of the molecule is C=CCNC(=O)C(C)Oc1cc(OC)ccc1C(C)=O. The average Bonchev–Trinajstić information content (AvgIpc) is 2.44. The number of hydrogen-bond acceptors (Lipinski definition) is 4. The molecule has 0 aliphatic heterocycles. The van der Waals surface area contributed by atoms with Crippen molar-refractivity contribution in [1.29, 1.82) is 0 Å². The van der Waals surface area contributed by atoms with Gasteiger partial charge in [0.2, 0.25) is 0 Å². The predicted molar refractivity (Wildman–Crippen MR) is 76.3 cm³/mol. The van der Waals surface area contributed by atoms with Crippen LogP contribution in [-0.4, -0.2) is 31.4 Å². The van der Waals surface area contributed by atoms with E-state index < -0.39 is 6.10 Å². The largest absolute Gasteiger partial charge is 0.497 e. The van der Waals surface area contributed by atoms with Crippen LogP contribution < -0.4 is 14.8 Å². The molecule has 108 valence electrons. The number of rotatable bonds is 7. The molecule has 0 aromatic heterocycles. The van der Waals surface area contributed by atoms with Crippen molar-refractivity contribution in [2.75, 3.05) is 13.7 Å². The summed E-state index contributed by atoms with van der Waals surface area (Å²) in [6, 6.07) is 4.88. The van der Waals surface area contributed by atoms with Crippen LogP contribution in [0.4, 0.5) is 0 Å². The lowest BCUT2D eigenvalue weighted by molar-refractivity contribution is -0.127. The Hall–Kier alpha value is -2.30. The first-order chi connectivity index (χ1) is 9.49. The van der Waals surface area contributed by atoms with E-state index in [1.807, 2.05) is 0 Å². The van der Waals surface area contributed by atoms with Gasteiger partial charge in [-0.25, -0.2) is 0 Å². The molecule has 1 unspecified atom stereocenters. The number of ether oxygens (including phenoxy) is 2. The summed E-state index contributed by atoms with van der Waals surface area (Å²) >= 11 is 0. The van der Waals surface area contributed by atoms with Crippen LogP contribution in [0.15, 0.2) is 30.9 Å². The average molecular weight is 277 g/mol. The molecule has 5 nitrogen and oxygen atoms in total. The minimum Gasteiger partial charge on any atom is -0.497 e. The quantitative estimate of drug-likeness (QED) is 0.611. The van der Waals surface area contributed by atoms with Crippen molar-refractivity contribution in [1.82, 2.24) is 5.32 Å². The Bertz CT molecular complexity index is 511. The van der Waals surface area contributed by atoms with Gasteiger partial charge in [0, 0.05) is 12.6 Å². The Kier molecular flexibility index (Phi) is 5.77. The summed E-state index contributed by atoms with van der Waals surface area (Å²) < 4.78 is 10.7. The molecule has 0 saturated carbocycles. The molecule has 0 aliphatic rings. The Morgan fingerprint density at radius 3 is 2.70 bits per heavy atom. The fraction of sp³-hybridized carbons (Fsp3) is 0.333. The second-order valence-electron chi connectivity index (χ2n) is 4.21. The Morgan fingerprint density at radius 2 is 2.15 bits per heavy atom. The van der Waals surface area contributed by atoms with Crippen molar-refractivity contribution in [2.45, 2.75) is 20.0 Å². The van der Waals surface area contributed by atoms with E-state index in [1.165, 1.54) is 14.0 Å². The maximum Gasteiger partial charge on any atom is 0.261 e. The highest BCUT2D eigenvalue weighted by molar-refractivity contribution is 5.97. The number of benzene rings is 1. The monoisotopic (exact) mass is 277 g/mol. The zero-order chi connectivity index (χ0) is 15.1. The zero-order valence-electron chi connectivity index (χ0n) is 11.9. The van der Waals surface area contributed by atoms with Crippen LogP contribution in [0.3, 0.4) is 0 Å². The van der Waals surface area contributed by atoms with E-state index in [9.17, 15) is 9.59 Å². The molecule has 1 aromatic carbocycles. The third-order valence-corrected chi connectivity index (χ3v) is 2.66. The zero-order valence-corrected chi connectivity index (χ0v) is 11.9. The lowest BCUT2D eigenvalue weighted by atomic mass is 10.1. The molecule has 1 atom stereocenters. The highest BCUT2D eigenvalue weighted by Gasteiger charge is 2.17. The molecule has 0 saturated heterocycles. The molecular weight excluding hydrogens is 258 g/mol. The topological polar surface area (TPSA) is 64.6 Å². The molecule has 0 heterocycles. The number of amides is 1. The van der Waals surface area contributed by atoms with Crippen LogP contribution in [0.5, 0.6) is 11.5 Å². The molecule has 5 heteroatoms. The molecule has 1 amide bonds. The Labute approximate surface area is 118 Å². The van der Waals surface area contributed by atoms with Gasteiger partial charge in [-0.15, -0.1) is 6.58 Å². The summed E-state index contributed by atoms with van der Waals surface area (Å²) in [5.41, 5.74) is 0.411. The van der Waals surface area contributed by atoms with E-state index in [4.69, 9.17) is 9.47 Å². The van der Waals surface area contributed by atoms with Gasteiger partial charge in [0.1, 0.15) is 11.5 Å². The standard InChI is InChI=1S/C15H19NO4/c1-5-8-16-15(18)11(3)20-14-9-12(19-4)6-7-13(14)10(2)17/h5-7,9,11H,1,8H2,2-4H3,(H,16,18). The summed E-state index contributed by atoms with van der Waals surface area (Å²) in [7, 11) is 1.52. The van der Waals surface area contributed by atoms with Crippen molar-refractivity contribution < 1.29 is 19.1 Å². The molecule has 0 spiro atoms. The minimum absolute atomic E-state index is 0.138. The molecular formula is C15H19NO4. The molecule has 1 rings (SSSR count). The molecule has 0 fully saturated rings. The van der Waals surface area contributed by atoms with Crippen molar-refractivity contribution in [3.63, 3.8) is 0 Å². The third-order valence-electron chi connectivity index (χ3n) is 2.66. The maximum absolute atomic E-state index is 11.7. The normalized spacial score (nSPS) is 11.3. The lowest BCUT2D eigenvalue weighted by Crippen LogP contribution is -2.36. The van der Waals surface area contributed by atoms with Gasteiger partial charge >= 0.3 is 0 Å². The van der Waals surface area contributed by atoms with E-state index in [0.29, 0.717) is 23.6 Å². The van der Waals surface area contributed by atoms with Gasteiger partial charge in [0.05, 0.1) is 12.7 Å². The molecule has 0 bridgehead atoms. The van der Waals surface area contributed by atoms with E-state index in [0.717, 1.165) is 0 Å². The number of carbonyl (C=O) groups excluding carboxylic acids is 2. The van der Waals surface area contributed by atoms with Crippen molar-refractivity contribution in [3.8, 4) is 11.5 Å². The van der Waals surface area contributed by atoms with Crippen molar-refractivity contribution in [2.24, 2.45) is 0 Å². The number of ketones is 1. The summed E-state index contributed by atoms with van der Waals surface area (Å²) in [6.45, 7) is 6.94. The Balaban J connectivity index is 2.91. The third kappa shape index (κ3) is 4.12. The van der Waals surface area contributed by atoms with Crippen LogP contribution in [0.1, 0.15) is 24.2 Å². The van der Waals surface area contributed by atoms with Gasteiger partial charge in [-0.1, -0.05) is 6.08 Å². The first kappa shape index (κ1) is 15.8. The van der Waals surface area contributed by atoms with Gasteiger partial charge in [-0.2, -0.15) is 0 Å². The predicted octanol–water partition coefficient (Wildman–Crippen LogP) is 1.97. The number of Topliss-reactive ketones (excluding diaryl/α,β-unsaturated/α-hetero) is 1. The molecule has 0 aliphatic carbocycles. The highest BCUT2D eigenvalue weighted by atomic mass is 16.5. The van der Waals surface area contributed by atoms with E-state index in [2.05, 4.69) is 11.9 Å². The van der Waals surface area contributed by atoms with E-state index in [1.54, 1.807) is 31.2 Å². The van der Waals surface area contributed by atoms with Crippen LogP contribution in [-0.2, 0) is 4.79 Å². The first-order valence-electron chi connectivity index (χ1n) is 6.23. The van der Waals surface area contributed by atoms with Crippen LogP contribution in [0, 0.1) is 0 Å². The molecule has 0 radical (unpaired) electrons. The van der Waals surface area contributed by atoms with Gasteiger partial charge in [0.25, 0.3) is 5.91 Å². The van der Waals surface area contributed by atoms with E-state index >= 15 is 0 Å². The summed E-state index contributed by atoms with van der Waals surface area (Å²) in [5.74, 6) is 0.477. The van der Waals surface area contributed by atoms with Gasteiger partial charge < -0.3 is 14.8 Å². The molecule has 1 N–H and O–H groups in total. The smallest absolute Gasteiger partial charge is 0.261 e. The van der Waals surface area contributed by atoms with Crippen LogP contribution >= 0.6 is 0 Å². The summed E-state index contributed by atoms with van der Waals surface area (Å²) in [5, 5.41) is 2.63. The van der Waals surface area contributed by atoms with E-state index in [-0.39, 0.29) is 11.7 Å². The van der Waals surface area contributed by atoms with Gasteiger partial charge in [0.15, 0.2) is 11.9 Å². The highest BCUT2D eigenvalue weighted by Crippen LogP contribution is 2.26. The maximum atomic E-state index is 11.7. The number of hydrogen-bond donors (Lipinski definition) is 1. The molecule has 20 heavy (non-hydrogen) atoms. The summed E-state index contributed by atoms with van der Waals surface area (Å²) in [4.78, 5) is 23.3. The Morgan fingerprint density at radius 1 is 1.45 bits per heavy atom.